The number of nitrogens with zero attached hydrogens (tertiary/aromatic N) is 1. The summed E-state index contributed by atoms with van der Waals surface area (Å²) >= 11 is 0. The number of hydrogen-bond donors (Lipinski definition) is 0. The molecule has 0 bridgehead atoms. The molecule has 0 aliphatic heterocycles. The van der Waals surface area contributed by atoms with Gasteiger partial charge in [0.15, 0.2) is 0 Å². The third-order valence-electron chi connectivity index (χ3n) is 6.97. The quantitative estimate of drug-likeness (QED) is 0.257. The molecule has 1 aromatic heterocycles. The molecule has 5 aromatic carbocycles. The molecule has 0 amide bonds. The summed E-state index contributed by atoms with van der Waals surface area (Å²) in [6.07, 6.45) is 0. The number of benzene rings is 5. The van der Waals surface area contributed by atoms with E-state index in [1.54, 1.807) is 18.2 Å². The van der Waals surface area contributed by atoms with Crippen LogP contribution >= 0.6 is 0 Å². The molecule has 1 heterocycles. The van der Waals surface area contributed by atoms with Crippen molar-refractivity contribution in [2.75, 3.05) is 0 Å². The second-order valence-corrected chi connectivity index (χ2v) is 8.85. The Morgan fingerprint density at radius 3 is 1.63 bits per heavy atom. The van der Waals surface area contributed by atoms with Gasteiger partial charge in [-0.25, -0.2) is 0 Å². The van der Waals surface area contributed by atoms with Crippen molar-refractivity contribution in [1.82, 2.24) is 4.57 Å². The molecular weight excluding hydrogens is 430 g/mol. The third kappa shape index (κ3) is 2.79. The van der Waals surface area contributed by atoms with E-state index in [4.69, 9.17) is 0 Å². The molecular formula is C32H19NO2. The van der Waals surface area contributed by atoms with Gasteiger partial charge in [-0.1, -0.05) is 91.0 Å². The van der Waals surface area contributed by atoms with E-state index in [9.17, 15) is 9.59 Å². The molecule has 1 aliphatic rings. The molecule has 0 fully saturated rings. The Hall–Kier alpha value is -4.76. The van der Waals surface area contributed by atoms with Crippen LogP contribution in [0.25, 0.3) is 49.7 Å². The molecule has 6 aromatic rings. The number of aromatic nitrogens is 1. The molecule has 0 unspecified atom stereocenters. The maximum Gasteiger partial charge on any atom is 0.234 e. The SMILES string of the molecule is O=C1C(=O)c2cccc(-c3ccc(-n4c5ccccc5c5ccccc54)cc3)c2-c2ccccc21. The first-order chi connectivity index (χ1) is 17.2. The van der Waals surface area contributed by atoms with Gasteiger partial charge in [0.2, 0.25) is 11.6 Å². The molecule has 0 radical (unpaired) electrons. The predicted molar refractivity (Wildman–Crippen MR) is 140 cm³/mol. The summed E-state index contributed by atoms with van der Waals surface area (Å²) in [4.78, 5) is 25.5. The van der Waals surface area contributed by atoms with Crippen LogP contribution in [0.3, 0.4) is 0 Å². The van der Waals surface area contributed by atoms with Gasteiger partial charge in [-0.15, -0.1) is 0 Å². The Labute approximate surface area is 201 Å². The van der Waals surface area contributed by atoms with Crippen molar-refractivity contribution < 1.29 is 9.59 Å². The molecule has 0 saturated heterocycles. The van der Waals surface area contributed by atoms with Crippen LogP contribution in [0.5, 0.6) is 0 Å². The van der Waals surface area contributed by atoms with Gasteiger partial charge in [0.25, 0.3) is 0 Å². The van der Waals surface area contributed by atoms with Crippen LogP contribution in [0.2, 0.25) is 0 Å². The van der Waals surface area contributed by atoms with Gasteiger partial charge in [0.05, 0.1) is 11.0 Å². The van der Waals surface area contributed by atoms with Gasteiger partial charge in [0.1, 0.15) is 0 Å². The first kappa shape index (κ1) is 19.7. The second-order valence-electron chi connectivity index (χ2n) is 8.85. The Kier molecular flexibility index (Phi) is 4.15. The largest absolute Gasteiger partial charge is 0.309 e. The molecule has 3 heteroatoms. The van der Waals surface area contributed by atoms with Gasteiger partial charge in [-0.2, -0.15) is 0 Å². The van der Waals surface area contributed by atoms with Crippen LogP contribution in [0.4, 0.5) is 0 Å². The number of Topliss-reactive ketones (excluding diaryl/α,β-unsaturated/α-hetero) is 2. The summed E-state index contributed by atoms with van der Waals surface area (Å²) in [6, 6.07) is 38.3. The van der Waals surface area contributed by atoms with E-state index in [-0.39, 0.29) is 0 Å². The standard InChI is InChI=1S/C32H19NO2/c34-31-26-11-2-1-10-25(26)30-22(12-7-13-27(30)32(31)35)20-16-18-21(19-17-20)33-28-14-5-3-8-23(28)24-9-4-6-15-29(24)33/h1-19H. The molecule has 1 aliphatic carbocycles. The molecule has 0 atom stereocenters. The van der Waals surface area contributed by atoms with E-state index in [2.05, 4.69) is 77.4 Å². The Morgan fingerprint density at radius 1 is 0.429 bits per heavy atom. The second kappa shape index (κ2) is 7.37. The summed E-state index contributed by atoms with van der Waals surface area (Å²) in [5, 5.41) is 2.45. The first-order valence-corrected chi connectivity index (χ1v) is 11.6. The summed E-state index contributed by atoms with van der Waals surface area (Å²) in [5.74, 6) is -0.880. The van der Waals surface area contributed by atoms with Crippen LogP contribution in [0, 0.1) is 0 Å². The monoisotopic (exact) mass is 449 g/mol. The lowest BCUT2D eigenvalue weighted by atomic mass is 9.80. The lowest BCUT2D eigenvalue weighted by molar-refractivity contribution is 0.0815. The van der Waals surface area contributed by atoms with Crippen LogP contribution in [0.15, 0.2) is 115 Å². The zero-order valence-electron chi connectivity index (χ0n) is 18.7. The summed E-state index contributed by atoms with van der Waals surface area (Å²) in [7, 11) is 0. The minimum Gasteiger partial charge on any atom is -0.309 e. The van der Waals surface area contributed by atoms with E-state index in [0.29, 0.717) is 11.1 Å². The lowest BCUT2D eigenvalue weighted by Gasteiger charge is -2.21. The van der Waals surface area contributed by atoms with E-state index < -0.39 is 11.6 Å². The van der Waals surface area contributed by atoms with Crippen molar-refractivity contribution in [2.45, 2.75) is 0 Å². The van der Waals surface area contributed by atoms with Gasteiger partial charge in [-0.3, -0.25) is 9.59 Å². The third-order valence-corrected chi connectivity index (χ3v) is 6.97. The highest BCUT2D eigenvalue weighted by atomic mass is 16.2. The van der Waals surface area contributed by atoms with Gasteiger partial charge in [-0.05, 0) is 41.0 Å². The zero-order valence-corrected chi connectivity index (χ0v) is 18.7. The van der Waals surface area contributed by atoms with Crippen molar-refractivity contribution in [3.05, 3.63) is 126 Å². The van der Waals surface area contributed by atoms with Crippen molar-refractivity contribution in [2.24, 2.45) is 0 Å². The van der Waals surface area contributed by atoms with Crippen LogP contribution in [-0.4, -0.2) is 16.1 Å². The Bertz CT molecular complexity index is 1770. The molecule has 164 valence electrons. The number of rotatable bonds is 2. The highest BCUT2D eigenvalue weighted by Gasteiger charge is 2.31. The molecule has 35 heavy (non-hydrogen) atoms. The van der Waals surface area contributed by atoms with Crippen LogP contribution < -0.4 is 0 Å². The smallest absolute Gasteiger partial charge is 0.234 e. The summed E-state index contributed by atoms with van der Waals surface area (Å²) < 4.78 is 2.28. The summed E-state index contributed by atoms with van der Waals surface area (Å²) in [6.45, 7) is 0. The maximum atomic E-state index is 12.9. The topological polar surface area (TPSA) is 39.1 Å². The van der Waals surface area contributed by atoms with Gasteiger partial charge in [0, 0.05) is 33.2 Å². The van der Waals surface area contributed by atoms with Gasteiger partial charge < -0.3 is 4.57 Å². The maximum absolute atomic E-state index is 12.9. The fourth-order valence-corrected chi connectivity index (χ4v) is 5.41. The number of carbonyl (C=O) groups is 2. The molecule has 7 rings (SSSR count). The van der Waals surface area contributed by atoms with E-state index in [1.165, 1.54) is 10.8 Å². The normalized spacial score (nSPS) is 12.7. The molecule has 3 nitrogen and oxygen atoms in total. The average molecular weight is 450 g/mol. The van der Waals surface area contributed by atoms with Crippen LogP contribution in [0.1, 0.15) is 20.7 Å². The number of ketones is 2. The minimum atomic E-state index is -0.442. The van der Waals surface area contributed by atoms with Crippen molar-refractivity contribution in [3.8, 4) is 27.9 Å². The molecule has 0 spiro atoms. The van der Waals surface area contributed by atoms with Crippen molar-refractivity contribution in [1.29, 1.82) is 0 Å². The Morgan fingerprint density at radius 2 is 0.943 bits per heavy atom. The predicted octanol–water partition coefficient (Wildman–Crippen LogP) is 7.50. The fraction of sp³-hybridized carbons (Fsp3) is 0. The van der Waals surface area contributed by atoms with E-state index >= 15 is 0 Å². The van der Waals surface area contributed by atoms with E-state index in [0.717, 1.165) is 39.0 Å². The zero-order chi connectivity index (χ0) is 23.5. The lowest BCUT2D eigenvalue weighted by Crippen LogP contribution is -2.21. The Balaban J connectivity index is 1.42. The number of para-hydroxylation sites is 2. The molecule has 0 saturated carbocycles. The number of carbonyl (C=O) groups excluding carboxylic acids is 2. The highest BCUT2D eigenvalue weighted by molar-refractivity contribution is 6.53. The van der Waals surface area contributed by atoms with Crippen molar-refractivity contribution >= 4 is 33.4 Å². The molecule has 0 N–H and O–H groups in total. The summed E-state index contributed by atoms with van der Waals surface area (Å²) in [5.41, 5.74) is 7.94. The fourth-order valence-electron chi connectivity index (χ4n) is 5.41. The average Bonchev–Trinajstić information content (AvgIpc) is 3.26. The highest BCUT2D eigenvalue weighted by Crippen LogP contribution is 2.41. The number of fused-ring (bicyclic) bond motifs is 6. The minimum absolute atomic E-state index is 0.438. The number of hydrogen-bond acceptors (Lipinski definition) is 2. The van der Waals surface area contributed by atoms with Crippen molar-refractivity contribution in [3.63, 3.8) is 0 Å². The van der Waals surface area contributed by atoms with E-state index in [1.807, 2.05) is 24.3 Å². The first-order valence-electron chi connectivity index (χ1n) is 11.6. The van der Waals surface area contributed by atoms with Crippen LogP contribution in [-0.2, 0) is 0 Å². The van der Waals surface area contributed by atoms with Gasteiger partial charge >= 0.3 is 0 Å².